The number of nitrogens with one attached hydrogen (secondary N) is 1. The fourth-order valence-electron chi connectivity index (χ4n) is 3.30. The first-order valence-electron chi connectivity index (χ1n) is 9.06. The highest BCUT2D eigenvalue weighted by molar-refractivity contribution is 5.82. The van der Waals surface area contributed by atoms with Crippen molar-refractivity contribution in [1.29, 1.82) is 0 Å². The van der Waals surface area contributed by atoms with Crippen molar-refractivity contribution in [3.8, 4) is 11.5 Å². The normalized spacial score (nSPS) is 15.9. The van der Waals surface area contributed by atoms with E-state index in [0.717, 1.165) is 12.8 Å². The lowest BCUT2D eigenvalue weighted by atomic mass is 9.97. The van der Waals surface area contributed by atoms with E-state index in [1.165, 1.54) is 11.3 Å². The molecule has 0 fully saturated rings. The van der Waals surface area contributed by atoms with Gasteiger partial charge in [-0.3, -0.25) is 4.79 Å². The first-order chi connectivity index (χ1) is 12.7. The predicted octanol–water partition coefficient (Wildman–Crippen LogP) is 3.03. The molecule has 1 aliphatic heterocycles. The maximum Gasteiger partial charge on any atom is 0.239 e. The fourth-order valence-corrected chi connectivity index (χ4v) is 3.30. The van der Waals surface area contributed by atoms with E-state index in [4.69, 9.17) is 9.47 Å². The molecule has 1 atom stereocenters. The molecule has 0 saturated carbocycles. The van der Waals surface area contributed by atoms with Crippen LogP contribution in [-0.4, -0.2) is 38.8 Å². The van der Waals surface area contributed by atoms with Crippen LogP contribution in [0.2, 0.25) is 0 Å². The third-order valence-corrected chi connectivity index (χ3v) is 4.73. The van der Waals surface area contributed by atoms with Gasteiger partial charge in [0, 0.05) is 11.7 Å². The molecule has 2 aromatic carbocycles. The predicted molar refractivity (Wildman–Crippen MR) is 103 cm³/mol. The second-order valence-electron chi connectivity index (χ2n) is 6.49. The van der Waals surface area contributed by atoms with Crippen molar-refractivity contribution >= 4 is 11.6 Å². The summed E-state index contributed by atoms with van der Waals surface area (Å²) in [6.07, 6.45) is 2.14. The van der Waals surface area contributed by atoms with Crippen LogP contribution >= 0.6 is 0 Å². The summed E-state index contributed by atoms with van der Waals surface area (Å²) in [5.74, 6) is 1.39. The molecule has 0 aliphatic carbocycles. The number of hydrogen-bond donors (Lipinski definition) is 1. The molecule has 0 spiro atoms. The molecule has 5 nitrogen and oxygen atoms in total. The summed E-state index contributed by atoms with van der Waals surface area (Å²) < 4.78 is 10.9. The first-order valence-corrected chi connectivity index (χ1v) is 9.06. The second-order valence-corrected chi connectivity index (χ2v) is 6.49. The van der Waals surface area contributed by atoms with Gasteiger partial charge in [-0.05, 0) is 43.5 Å². The molecule has 1 N–H and O–H groups in total. The van der Waals surface area contributed by atoms with Crippen LogP contribution in [0.3, 0.4) is 0 Å². The zero-order valence-corrected chi connectivity index (χ0v) is 15.4. The Labute approximate surface area is 154 Å². The second kappa shape index (κ2) is 8.61. The Morgan fingerprint density at radius 3 is 2.69 bits per heavy atom. The lowest BCUT2D eigenvalue weighted by Crippen LogP contribution is -2.45. The van der Waals surface area contributed by atoms with Gasteiger partial charge in [0.25, 0.3) is 0 Å². The molecule has 0 saturated heterocycles. The van der Waals surface area contributed by atoms with Gasteiger partial charge in [-0.2, -0.15) is 0 Å². The molecule has 1 aliphatic rings. The summed E-state index contributed by atoms with van der Waals surface area (Å²) in [6, 6.07) is 16.2. The first kappa shape index (κ1) is 18.1. The van der Waals surface area contributed by atoms with Gasteiger partial charge in [0.15, 0.2) is 11.5 Å². The number of fused-ring (bicyclic) bond motifs is 1. The van der Waals surface area contributed by atoms with Crippen molar-refractivity contribution in [2.24, 2.45) is 0 Å². The molecule has 1 heterocycles. The topological polar surface area (TPSA) is 50.8 Å². The van der Waals surface area contributed by atoms with Crippen molar-refractivity contribution in [2.75, 3.05) is 31.7 Å². The monoisotopic (exact) mass is 354 g/mol. The Hall–Kier alpha value is -2.69. The quantitative estimate of drug-likeness (QED) is 0.777. The molecule has 138 valence electrons. The maximum atomic E-state index is 12.4. The van der Waals surface area contributed by atoms with E-state index < -0.39 is 0 Å². The van der Waals surface area contributed by atoms with E-state index >= 15 is 0 Å². The summed E-state index contributed by atoms with van der Waals surface area (Å²) in [5.41, 5.74) is 2.49. The van der Waals surface area contributed by atoms with Crippen LogP contribution in [0, 0.1) is 0 Å². The molecular formula is C21H26N2O3. The summed E-state index contributed by atoms with van der Waals surface area (Å²) in [5, 5.41) is 2.94. The summed E-state index contributed by atoms with van der Waals surface area (Å²) in [7, 11) is 1.61. The van der Waals surface area contributed by atoms with Crippen molar-refractivity contribution in [1.82, 2.24) is 5.32 Å². The Morgan fingerprint density at radius 1 is 1.15 bits per heavy atom. The molecule has 0 radical (unpaired) electrons. The smallest absolute Gasteiger partial charge is 0.239 e. The van der Waals surface area contributed by atoms with Crippen LogP contribution in [0.1, 0.15) is 18.9 Å². The Morgan fingerprint density at radius 2 is 1.88 bits per heavy atom. The van der Waals surface area contributed by atoms with Gasteiger partial charge in [-0.25, -0.2) is 0 Å². The highest BCUT2D eigenvalue weighted by Gasteiger charge is 2.24. The van der Waals surface area contributed by atoms with Crippen LogP contribution in [0.4, 0.5) is 5.69 Å². The molecule has 0 aromatic heterocycles. The zero-order valence-electron chi connectivity index (χ0n) is 15.4. The third-order valence-electron chi connectivity index (χ3n) is 4.73. The van der Waals surface area contributed by atoms with Gasteiger partial charge in [-0.1, -0.05) is 30.3 Å². The number of aryl methyl sites for hydroxylation is 1. The number of hydrogen-bond acceptors (Lipinski definition) is 4. The van der Waals surface area contributed by atoms with E-state index in [2.05, 4.69) is 35.3 Å². The minimum atomic E-state index is 0.0113. The lowest BCUT2D eigenvalue weighted by molar-refractivity contribution is -0.120. The molecule has 2 aromatic rings. The van der Waals surface area contributed by atoms with Gasteiger partial charge in [-0.15, -0.1) is 0 Å². The number of benzene rings is 2. The third kappa shape index (κ3) is 4.28. The summed E-state index contributed by atoms with van der Waals surface area (Å²) >= 11 is 0. The van der Waals surface area contributed by atoms with Crippen LogP contribution < -0.4 is 19.7 Å². The summed E-state index contributed by atoms with van der Waals surface area (Å²) in [4.78, 5) is 14.6. The average molecular weight is 354 g/mol. The minimum Gasteiger partial charge on any atom is -0.493 e. The number of amides is 1. The van der Waals surface area contributed by atoms with Gasteiger partial charge >= 0.3 is 0 Å². The SMILES string of the molecule is COc1ccccc1OCCNC(=O)CN1c2ccccc2CC[C@@H]1C. The number of anilines is 1. The molecule has 3 rings (SSSR count). The van der Waals surface area contributed by atoms with Gasteiger partial charge in [0.2, 0.25) is 5.91 Å². The standard InChI is InChI=1S/C21H26N2O3/c1-16-11-12-17-7-3-4-8-18(17)23(16)15-21(24)22-13-14-26-20-10-6-5-9-19(20)25-2/h3-10,16H,11-15H2,1-2H3,(H,22,24)/t16-/m0/s1. The van der Waals surface area contributed by atoms with E-state index in [1.807, 2.05) is 30.3 Å². The number of nitrogens with zero attached hydrogens (tertiary/aromatic N) is 1. The fraction of sp³-hybridized carbons (Fsp3) is 0.381. The number of ether oxygens (including phenoxy) is 2. The minimum absolute atomic E-state index is 0.0113. The Kier molecular flexibility index (Phi) is 6.00. The molecule has 1 amide bonds. The lowest BCUT2D eigenvalue weighted by Gasteiger charge is -2.36. The van der Waals surface area contributed by atoms with Crippen LogP contribution in [0.15, 0.2) is 48.5 Å². The van der Waals surface area contributed by atoms with Gasteiger partial charge in [0.05, 0.1) is 20.2 Å². The molecule has 0 bridgehead atoms. The Bertz CT molecular complexity index is 748. The van der Waals surface area contributed by atoms with Crippen molar-refractivity contribution < 1.29 is 14.3 Å². The van der Waals surface area contributed by atoms with E-state index in [-0.39, 0.29) is 5.91 Å². The van der Waals surface area contributed by atoms with Crippen molar-refractivity contribution in [2.45, 2.75) is 25.8 Å². The number of methoxy groups -OCH3 is 1. The highest BCUT2D eigenvalue weighted by atomic mass is 16.5. The number of carbonyl (C=O) groups is 1. The largest absolute Gasteiger partial charge is 0.493 e. The molecular weight excluding hydrogens is 328 g/mol. The molecule has 26 heavy (non-hydrogen) atoms. The van der Waals surface area contributed by atoms with E-state index in [0.29, 0.717) is 37.2 Å². The summed E-state index contributed by atoms with van der Waals surface area (Å²) in [6.45, 7) is 3.40. The Balaban J connectivity index is 1.49. The van der Waals surface area contributed by atoms with E-state index in [1.54, 1.807) is 7.11 Å². The number of carbonyl (C=O) groups excluding carboxylic acids is 1. The maximum absolute atomic E-state index is 12.4. The average Bonchev–Trinajstić information content (AvgIpc) is 2.68. The van der Waals surface area contributed by atoms with Gasteiger partial charge in [0.1, 0.15) is 6.61 Å². The van der Waals surface area contributed by atoms with Crippen LogP contribution in [-0.2, 0) is 11.2 Å². The van der Waals surface area contributed by atoms with E-state index in [9.17, 15) is 4.79 Å². The molecule has 5 heteroatoms. The van der Waals surface area contributed by atoms with Crippen LogP contribution in [0.5, 0.6) is 11.5 Å². The number of para-hydroxylation sites is 3. The van der Waals surface area contributed by atoms with Crippen molar-refractivity contribution in [3.63, 3.8) is 0 Å². The highest BCUT2D eigenvalue weighted by Crippen LogP contribution is 2.30. The molecule has 0 unspecified atom stereocenters. The van der Waals surface area contributed by atoms with Crippen LogP contribution in [0.25, 0.3) is 0 Å². The number of rotatable bonds is 7. The zero-order chi connectivity index (χ0) is 18.4. The van der Waals surface area contributed by atoms with Crippen molar-refractivity contribution in [3.05, 3.63) is 54.1 Å². The van der Waals surface area contributed by atoms with Gasteiger partial charge < -0.3 is 19.7 Å².